The van der Waals surface area contributed by atoms with Crippen molar-refractivity contribution in [3.05, 3.63) is 24.3 Å². The monoisotopic (exact) mass is 252 g/mol. The van der Waals surface area contributed by atoms with E-state index in [-0.39, 0.29) is 19.0 Å². The van der Waals surface area contributed by atoms with Gasteiger partial charge in [0.25, 0.3) is 0 Å². The number of rotatable bonds is 2. The molecule has 0 N–H and O–H groups in total. The van der Waals surface area contributed by atoms with Gasteiger partial charge in [-0.1, -0.05) is 65.8 Å². The standard InChI is InChI=1S/C14H28Si2/c1-13(2,3)15-11-7-9-12(10-8-11)16-14(4,5)6/h7-12H,15-16H2,1-6H3. The van der Waals surface area contributed by atoms with Crippen LogP contribution in [0.3, 0.4) is 0 Å². The van der Waals surface area contributed by atoms with Crippen molar-refractivity contribution in [2.24, 2.45) is 0 Å². The van der Waals surface area contributed by atoms with Gasteiger partial charge in [0, 0.05) is 19.0 Å². The molecule has 0 saturated heterocycles. The molecule has 0 nitrogen and oxygen atoms in total. The fourth-order valence-electron chi connectivity index (χ4n) is 2.39. The molecule has 0 atom stereocenters. The van der Waals surface area contributed by atoms with Crippen LogP contribution in [0.15, 0.2) is 24.3 Å². The Hall–Kier alpha value is -0.0862. The number of hydrogen-bond acceptors (Lipinski definition) is 0. The largest absolute Gasteiger partial charge is 0.0847 e. The minimum Gasteiger partial charge on any atom is -0.0847 e. The first-order chi connectivity index (χ1) is 7.16. The molecule has 92 valence electrons. The molecule has 0 aromatic carbocycles. The minimum absolute atomic E-state index is 0.0188. The smallest absolute Gasteiger partial charge is 0.0385 e. The average molecular weight is 253 g/mol. The average Bonchev–Trinajstić information content (AvgIpc) is 2.03. The maximum atomic E-state index is 2.50. The maximum absolute atomic E-state index is 2.50. The topological polar surface area (TPSA) is 0 Å². The normalized spacial score (nSPS) is 27.6. The molecule has 16 heavy (non-hydrogen) atoms. The van der Waals surface area contributed by atoms with Crippen LogP contribution < -0.4 is 0 Å². The van der Waals surface area contributed by atoms with E-state index in [2.05, 4.69) is 65.8 Å². The Bertz CT molecular complexity index is 234. The Kier molecular flexibility index (Phi) is 4.41. The van der Waals surface area contributed by atoms with Crippen molar-refractivity contribution in [1.29, 1.82) is 0 Å². The highest BCUT2D eigenvalue weighted by Gasteiger charge is 2.21. The van der Waals surface area contributed by atoms with E-state index in [1.54, 1.807) is 0 Å². The summed E-state index contributed by atoms with van der Waals surface area (Å²) in [4.78, 5) is 0. The third-order valence-corrected chi connectivity index (χ3v) is 7.39. The summed E-state index contributed by atoms with van der Waals surface area (Å²) in [6, 6.07) is 0. The first kappa shape index (κ1) is 14.0. The highest BCUT2D eigenvalue weighted by molar-refractivity contribution is 6.45. The van der Waals surface area contributed by atoms with Crippen molar-refractivity contribution in [2.45, 2.75) is 62.7 Å². The molecule has 0 amide bonds. The summed E-state index contributed by atoms with van der Waals surface area (Å²) in [5.41, 5.74) is 1.62. The Morgan fingerprint density at radius 2 is 0.875 bits per heavy atom. The second-order valence-electron chi connectivity index (χ2n) is 7.63. The summed E-state index contributed by atoms with van der Waals surface area (Å²) in [5, 5.41) is 1.15. The van der Waals surface area contributed by atoms with E-state index in [1.807, 2.05) is 0 Å². The van der Waals surface area contributed by atoms with Crippen LogP contribution in [0.1, 0.15) is 41.5 Å². The zero-order valence-corrected chi connectivity index (χ0v) is 14.7. The van der Waals surface area contributed by atoms with Gasteiger partial charge in [-0.15, -0.1) is 0 Å². The van der Waals surface area contributed by atoms with Gasteiger partial charge in [0.05, 0.1) is 0 Å². The predicted octanol–water partition coefficient (Wildman–Crippen LogP) is 3.46. The van der Waals surface area contributed by atoms with Gasteiger partial charge >= 0.3 is 0 Å². The number of hydrogen-bond donors (Lipinski definition) is 0. The van der Waals surface area contributed by atoms with Crippen LogP contribution in [0.2, 0.25) is 21.2 Å². The summed E-state index contributed by atoms with van der Waals surface area (Å²) in [7, 11) is -0.0376. The molecule has 0 aromatic heterocycles. The van der Waals surface area contributed by atoms with Crippen LogP contribution in [-0.2, 0) is 0 Å². The predicted molar refractivity (Wildman–Crippen MR) is 82.3 cm³/mol. The highest BCUT2D eigenvalue weighted by atomic mass is 28.2. The molecule has 2 heteroatoms. The van der Waals surface area contributed by atoms with Crippen molar-refractivity contribution in [1.82, 2.24) is 0 Å². The second kappa shape index (κ2) is 5.05. The first-order valence-electron chi connectivity index (χ1n) is 6.52. The highest BCUT2D eigenvalue weighted by Crippen LogP contribution is 2.34. The molecule has 0 bridgehead atoms. The SMILES string of the molecule is CC(C)(C)[SiH2]C1C=CC([SiH2]C(C)(C)C)C=C1. The van der Waals surface area contributed by atoms with Crippen LogP contribution in [0.5, 0.6) is 0 Å². The van der Waals surface area contributed by atoms with Crippen molar-refractivity contribution < 1.29 is 0 Å². The van der Waals surface area contributed by atoms with E-state index < -0.39 is 0 Å². The Balaban J connectivity index is 2.47. The molecule has 0 heterocycles. The van der Waals surface area contributed by atoms with Gasteiger partial charge in [-0.2, -0.15) is 0 Å². The van der Waals surface area contributed by atoms with Crippen molar-refractivity contribution in [3.8, 4) is 0 Å². The van der Waals surface area contributed by atoms with Crippen molar-refractivity contribution in [3.63, 3.8) is 0 Å². The lowest BCUT2D eigenvalue weighted by atomic mass is 10.2. The fourth-order valence-corrected chi connectivity index (χ4v) is 6.39. The molecule has 1 aliphatic rings. The van der Waals surface area contributed by atoms with Crippen LogP contribution in [0.4, 0.5) is 0 Å². The Labute approximate surface area is 106 Å². The lowest BCUT2D eigenvalue weighted by Crippen LogP contribution is -2.17. The zero-order chi connectivity index (χ0) is 12.4. The third kappa shape index (κ3) is 5.85. The van der Waals surface area contributed by atoms with Gasteiger partial charge in [-0.3, -0.25) is 0 Å². The summed E-state index contributed by atoms with van der Waals surface area (Å²) < 4.78 is 0. The van der Waals surface area contributed by atoms with Crippen molar-refractivity contribution >= 4 is 19.0 Å². The maximum Gasteiger partial charge on any atom is 0.0385 e. The van der Waals surface area contributed by atoms with E-state index in [4.69, 9.17) is 0 Å². The Morgan fingerprint density at radius 1 is 0.625 bits per heavy atom. The quantitative estimate of drug-likeness (QED) is 0.521. The van der Waals surface area contributed by atoms with E-state index >= 15 is 0 Å². The molecule has 0 unspecified atom stereocenters. The molecule has 0 fully saturated rings. The molecule has 0 aliphatic heterocycles. The van der Waals surface area contributed by atoms with Crippen LogP contribution in [0.25, 0.3) is 0 Å². The van der Waals surface area contributed by atoms with Gasteiger partial charge in [0.1, 0.15) is 0 Å². The van der Waals surface area contributed by atoms with Gasteiger partial charge < -0.3 is 0 Å². The van der Waals surface area contributed by atoms with E-state index in [1.165, 1.54) is 0 Å². The van der Waals surface area contributed by atoms with Gasteiger partial charge in [0.15, 0.2) is 0 Å². The fraction of sp³-hybridized carbons (Fsp3) is 0.714. The lowest BCUT2D eigenvalue weighted by molar-refractivity contribution is 0.742. The van der Waals surface area contributed by atoms with E-state index in [0.29, 0.717) is 10.1 Å². The summed E-state index contributed by atoms with van der Waals surface area (Å²) >= 11 is 0. The van der Waals surface area contributed by atoms with Crippen LogP contribution >= 0.6 is 0 Å². The summed E-state index contributed by atoms with van der Waals surface area (Å²) in [6.07, 6.45) is 10.0. The van der Waals surface area contributed by atoms with E-state index in [9.17, 15) is 0 Å². The van der Waals surface area contributed by atoms with E-state index in [0.717, 1.165) is 11.1 Å². The molecule has 0 aromatic rings. The van der Waals surface area contributed by atoms with Crippen LogP contribution in [-0.4, -0.2) is 19.0 Å². The molecule has 1 rings (SSSR count). The molecule has 0 radical (unpaired) electrons. The van der Waals surface area contributed by atoms with Gasteiger partial charge in [-0.05, 0) is 21.2 Å². The lowest BCUT2D eigenvalue weighted by Gasteiger charge is -2.26. The summed E-state index contributed by atoms with van der Waals surface area (Å²) in [5.74, 6) is 0. The third-order valence-electron chi connectivity index (χ3n) is 2.91. The minimum atomic E-state index is -0.0188. The molecule has 0 spiro atoms. The second-order valence-corrected chi connectivity index (χ2v) is 14.6. The zero-order valence-electron chi connectivity index (χ0n) is 11.9. The first-order valence-corrected chi connectivity index (χ1v) is 9.57. The van der Waals surface area contributed by atoms with Gasteiger partial charge in [-0.25, -0.2) is 0 Å². The molecule has 0 saturated carbocycles. The molecular formula is C14H28Si2. The van der Waals surface area contributed by atoms with Crippen LogP contribution in [0, 0.1) is 0 Å². The molecule has 1 aliphatic carbocycles. The Morgan fingerprint density at radius 3 is 1.06 bits per heavy atom. The van der Waals surface area contributed by atoms with Crippen molar-refractivity contribution in [2.75, 3.05) is 0 Å². The van der Waals surface area contributed by atoms with Gasteiger partial charge in [0.2, 0.25) is 0 Å². The summed E-state index contributed by atoms with van der Waals surface area (Å²) in [6.45, 7) is 14.3. The molecular weight excluding hydrogens is 224 g/mol. The number of allylic oxidation sites excluding steroid dienone is 4.